The fourth-order valence-electron chi connectivity index (χ4n) is 2.30. The Morgan fingerprint density at radius 3 is 2.94 bits per heavy atom. The minimum atomic E-state index is 0.470. The van der Waals surface area contributed by atoms with Crippen molar-refractivity contribution in [3.8, 4) is 0 Å². The summed E-state index contributed by atoms with van der Waals surface area (Å²) in [4.78, 5) is 1.36. The normalized spacial score (nSPS) is 24.1. The van der Waals surface area contributed by atoms with Crippen molar-refractivity contribution in [3.05, 3.63) is 30.3 Å². The molecule has 2 nitrogen and oxygen atoms in total. The van der Waals surface area contributed by atoms with Crippen molar-refractivity contribution in [2.75, 3.05) is 18.9 Å². The van der Waals surface area contributed by atoms with Crippen molar-refractivity contribution >= 4 is 11.8 Å². The van der Waals surface area contributed by atoms with Crippen molar-refractivity contribution in [3.63, 3.8) is 0 Å². The van der Waals surface area contributed by atoms with Gasteiger partial charge in [0, 0.05) is 29.8 Å². The quantitative estimate of drug-likeness (QED) is 0.630. The summed E-state index contributed by atoms with van der Waals surface area (Å²) in [6.45, 7) is 4.21. The molecule has 1 aliphatic rings. The lowest BCUT2D eigenvalue weighted by Gasteiger charge is -2.29. The van der Waals surface area contributed by atoms with Gasteiger partial charge >= 0.3 is 0 Å². The summed E-state index contributed by atoms with van der Waals surface area (Å²) in [7, 11) is 0. The molecule has 0 aromatic heterocycles. The first-order chi connectivity index (χ1) is 8.88. The van der Waals surface area contributed by atoms with Gasteiger partial charge in [0.15, 0.2) is 0 Å². The van der Waals surface area contributed by atoms with E-state index < -0.39 is 0 Å². The van der Waals surface area contributed by atoms with E-state index in [9.17, 15) is 0 Å². The molecule has 1 fully saturated rings. The van der Waals surface area contributed by atoms with E-state index in [1.165, 1.54) is 11.3 Å². The zero-order valence-electron chi connectivity index (χ0n) is 11.1. The monoisotopic (exact) mass is 265 g/mol. The number of ether oxygens (including phenoxy) is 1. The van der Waals surface area contributed by atoms with E-state index in [1.54, 1.807) is 0 Å². The summed E-state index contributed by atoms with van der Waals surface area (Å²) in [5.74, 6) is 1.14. The molecular formula is C15H23NOS. The highest BCUT2D eigenvalue weighted by atomic mass is 32.2. The lowest BCUT2D eigenvalue weighted by molar-refractivity contribution is 0.000350. The molecule has 3 heteroatoms. The second kappa shape index (κ2) is 7.82. The third kappa shape index (κ3) is 4.63. The van der Waals surface area contributed by atoms with Crippen molar-refractivity contribution in [2.24, 2.45) is 0 Å². The zero-order valence-corrected chi connectivity index (χ0v) is 11.9. The fourth-order valence-corrected chi connectivity index (χ4v) is 3.10. The number of hydrogen-bond donors (Lipinski definition) is 1. The Kier molecular flexibility index (Phi) is 6.05. The molecule has 2 atom stereocenters. The average Bonchev–Trinajstić information content (AvgIpc) is 2.45. The molecule has 1 aromatic rings. The maximum absolute atomic E-state index is 5.69. The summed E-state index contributed by atoms with van der Waals surface area (Å²) in [6.07, 6.45) is 3.94. The van der Waals surface area contributed by atoms with E-state index in [2.05, 4.69) is 42.6 Å². The smallest absolute Gasteiger partial charge is 0.0587 e. The van der Waals surface area contributed by atoms with Gasteiger partial charge in [0.05, 0.1) is 6.10 Å². The van der Waals surface area contributed by atoms with Crippen LogP contribution in [0.4, 0.5) is 0 Å². The van der Waals surface area contributed by atoms with Gasteiger partial charge in [0.25, 0.3) is 0 Å². The first kappa shape index (κ1) is 13.9. The van der Waals surface area contributed by atoms with Crippen LogP contribution in [-0.2, 0) is 4.74 Å². The minimum absolute atomic E-state index is 0.470. The highest BCUT2D eigenvalue weighted by Crippen LogP contribution is 2.18. The number of hydrogen-bond acceptors (Lipinski definition) is 3. The molecular weight excluding hydrogens is 242 g/mol. The second-order valence-corrected chi connectivity index (χ2v) is 5.91. The van der Waals surface area contributed by atoms with Gasteiger partial charge in [0.2, 0.25) is 0 Å². The highest BCUT2D eigenvalue weighted by Gasteiger charge is 2.20. The highest BCUT2D eigenvalue weighted by molar-refractivity contribution is 7.99. The Morgan fingerprint density at radius 1 is 1.33 bits per heavy atom. The Bertz CT molecular complexity index is 331. The van der Waals surface area contributed by atoms with Gasteiger partial charge in [-0.15, -0.1) is 11.8 Å². The molecule has 1 N–H and O–H groups in total. The van der Waals surface area contributed by atoms with Crippen LogP contribution in [0.5, 0.6) is 0 Å². The van der Waals surface area contributed by atoms with E-state index in [-0.39, 0.29) is 0 Å². The molecule has 2 unspecified atom stereocenters. The lowest BCUT2D eigenvalue weighted by Crippen LogP contribution is -2.39. The predicted octanol–water partition coefficient (Wildman–Crippen LogP) is 3.33. The van der Waals surface area contributed by atoms with Gasteiger partial charge < -0.3 is 10.1 Å². The largest absolute Gasteiger partial charge is 0.378 e. The van der Waals surface area contributed by atoms with Gasteiger partial charge in [-0.2, -0.15) is 0 Å². The van der Waals surface area contributed by atoms with Gasteiger partial charge in [-0.1, -0.05) is 25.1 Å². The first-order valence-corrected chi connectivity index (χ1v) is 7.90. The molecule has 0 saturated carbocycles. The Balaban J connectivity index is 1.60. The molecule has 100 valence electrons. The molecule has 2 rings (SSSR count). The topological polar surface area (TPSA) is 21.3 Å². The molecule has 0 bridgehead atoms. The number of benzene rings is 1. The second-order valence-electron chi connectivity index (χ2n) is 4.74. The van der Waals surface area contributed by atoms with Crippen LogP contribution >= 0.6 is 11.8 Å². The fraction of sp³-hybridized carbons (Fsp3) is 0.600. The van der Waals surface area contributed by atoms with Crippen molar-refractivity contribution in [1.82, 2.24) is 5.32 Å². The number of nitrogens with one attached hydrogen (secondary N) is 1. The zero-order chi connectivity index (χ0) is 12.6. The molecule has 0 spiro atoms. The third-order valence-corrected chi connectivity index (χ3v) is 4.38. The standard InChI is InChI=1S/C15H23NOS/c1-2-14-12-13(8-10-17-14)16-9-11-18-15-6-4-3-5-7-15/h3-7,13-14,16H,2,8-12H2,1H3. The van der Waals surface area contributed by atoms with Crippen LogP contribution in [-0.4, -0.2) is 31.1 Å². The van der Waals surface area contributed by atoms with Crippen LogP contribution in [0.1, 0.15) is 26.2 Å². The van der Waals surface area contributed by atoms with E-state index in [1.807, 2.05) is 11.8 Å². The van der Waals surface area contributed by atoms with Gasteiger partial charge in [-0.05, 0) is 31.4 Å². The van der Waals surface area contributed by atoms with Crippen molar-refractivity contribution in [2.45, 2.75) is 43.2 Å². The van der Waals surface area contributed by atoms with Gasteiger partial charge in [0.1, 0.15) is 0 Å². The Morgan fingerprint density at radius 2 is 2.17 bits per heavy atom. The third-order valence-electron chi connectivity index (χ3n) is 3.37. The summed E-state index contributed by atoms with van der Waals surface area (Å²) < 4.78 is 5.69. The maximum atomic E-state index is 5.69. The Labute approximate surface area is 114 Å². The molecule has 1 aromatic carbocycles. The van der Waals surface area contributed by atoms with E-state index in [4.69, 9.17) is 4.74 Å². The maximum Gasteiger partial charge on any atom is 0.0587 e. The van der Waals surface area contributed by atoms with Crippen LogP contribution in [0.25, 0.3) is 0 Å². The van der Waals surface area contributed by atoms with Crippen LogP contribution in [0.3, 0.4) is 0 Å². The molecule has 0 amide bonds. The predicted molar refractivity (Wildman–Crippen MR) is 78.2 cm³/mol. The number of thioether (sulfide) groups is 1. The Hall–Kier alpha value is -0.510. The average molecular weight is 265 g/mol. The van der Waals surface area contributed by atoms with Crippen molar-refractivity contribution in [1.29, 1.82) is 0 Å². The van der Waals surface area contributed by atoms with Crippen LogP contribution in [0.2, 0.25) is 0 Å². The summed E-state index contributed by atoms with van der Waals surface area (Å²) in [5.41, 5.74) is 0. The van der Waals surface area contributed by atoms with Crippen LogP contribution in [0.15, 0.2) is 35.2 Å². The molecule has 1 heterocycles. The van der Waals surface area contributed by atoms with E-state index in [0.29, 0.717) is 12.1 Å². The molecule has 1 saturated heterocycles. The van der Waals surface area contributed by atoms with Crippen LogP contribution in [0, 0.1) is 0 Å². The molecule has 1 aliphatic heterocycles. The minimum Gasteiger partial charge on any atom is -0.378 e. The number of rotatable bonds is 6. The molecule has 18 heavy (non-hydrogen) atoms. The van der Waals surface area contributed by atoms with Gasteiger partial charge in [-0.3, -0.25) is 0 Å². The van der Waals surface area contributed by atoms with Gasteiger partial charge in [-0.25, -0.2) is 0 Å². The summed E-state index contributed by atoms with van der Waals surface area (Å²) in [5, 5.41) is 3.66. The van der Waals surface area contributed by atoms with Crippen LogP contribution < -0.4 is 5.32 Å². The molecule has 0 radical (unpaired) electrons. The van der Waals surface area contributed by atoms with E-state index >= 15 is 0 Å². The summed E-state index contributed by atoms with van der Waals surface area (Å²) in [6, 6.07) is 11.3. The first-order valence-electron chi connectivity index (χ1n) is 6.91. The molecule has 0 aliphatic carbocycles. The SMILES string of the molecule is CCC1CC(NCCSc2ccccc2)CCO1. The van der Waals surface area contributed by atoms with Crippen molar-refractivity contribution < 1.29 is 4.74 Å². The summed E-state index contributed by atoms with van der Waals surface area (Å²) >= 11 is 1.92. The van der Waals surface area contributed by atoms with E-state index in [0.717, 1.165) is 31.7 Å². The lowest BCUT2D eigenvalue weighted by atomic mass is 10.0.